The van der Waals surface area contributed by atoms with Crippen molar-refractivity contribution in [3.05, 3.63) is 18.5 Å². The summed E-state index contributed by atoms with van der Waals surface area (Å²) in [5, 5.41) is 7.68. The molecule has 0 aliphatic carbocycles. The van der Waals surface area contributed by atoms with E-state index in [1.54, 1.807) is 6.20 Å². The molecule has 1 rings (SSSR count). The minimum atomic E-state index is 0.368. The third kappa shape index (κ3) is 3.64. The van der Waals surface area contributed by atoms with Gasteiger partial charge in [-0.05, 0) is 18.9 Å². The molecule has 4 nitrogen and oxygen atoms in total. The average Bonchev–Trinajstić information content (AvgIpc) is 2.70. The molecule has 0 bridgehead atoms. The van der Waals surface area contributed by atoms with Crippen LogP contribution in [-0.2, 0) is 0 Å². The van der Waals surface area contributed by atoms with Gasteiger partial charge in [0.05, 0.1) is 6.04 Å². The monoisotopic (exact) mass is 210 g/mol. The molecule has 3 N–H and O–H groups in total. The summed E-state index contributed by atoms with van der Waals surface area (Å²) in [6.07, 6.45) is 3.79. The first kappa shape index (κ1) is 12.2. The van der Waals surface area contributed by atoms with E-state index in [-0.39, 0.29) is 0 Å². The zero-order chi connectivity index (χ0) is 11.3. The molecule has 0 saturated carbocycles. The van der Waals surface area contributed by atoms with Gasteiger partial charge in [-0.15, -0.1) is 0 Å². The number of nitrogens with one attached hydrogen (secondary N) is 1. The molecule has 0 amide bonds. The predicted molar refractivity (Wildman–Crippen MR) is 62.6 cm³/mol. The highest BCUT2D eigenvalue weighted by Crippen LogP contribution is 2.04. The van der Waals surface area contributed by atoms with Crippen molar-refractivity contribution in [2.24, 2.45) is 11.7 Å². The SMILES string of the molecule is CC(C)C(CN)NCC(C)n1cccn1. The maximum atomic E-state index is 5.69. The highest BCUT2D eigenvalue weighted by molar-refractivity contribution is 4.82. The van der Waals surface area contributed by atoms with Crippen LogP contribution in [-0.4, -0.2) is 28.9 Å². The molecule has 0 spiro atoms. The molecule has 0 aliphatic heterocycles. The number of hydrogen-bond acceptors (Lipinski definition) is 3. The van der Waals surface area contributed by atoms with E-state index in [1.165, 1.54) is 0 Å². The van der Waals surface area contributed by atoms with Gasteiger partial charge in [0.25, 0.3) is 0 Å². The molecule has 15 heavy (non-hydrogen) atoms. The Kier molecular flexibility index (Phi) is 4.78. The molecular formula is C11H22N4. The molecule has 1 aromatic rings. The summed E-state index contributed by atoms with van der Waals surface area (Å²) in [7, 11) is 0. The smallest absolute Gasteiger partial charge is 0.0615 e. The van der Waals surface area contributed by atoms with E-state index in [9.17, 15) is 0 Å². The molecule has 0 fully saturated rings. The lowest BCUT2D eigenvalue weighted by Crippen LogP contribution is -2.42. The van der Waals surface area contributed by atoms with Crippen LogP contribution < -0.4 is 11.1 Å². The van der Waals surface area contributed by atoms with E-state index in [1.807, 2.05) is 16.9 Å². The van der Waals surface area contributed by atoms with Gasteiger partial charge in [-0.2, -0.15) is 5.10 Å². The minimum Gasteiger partial charge on any atom is -0.329 e. The second kappa shape index (κ2) is 5.88. The van der Waals surface area contributed by atoms with E-state index in [0.29, 0.717) is 24.5 Å². The van der Waals surface area contributed by atoms with Crippen molar-refractivity contribution in [2.75, 3.05) is 13.1 Å². The van der Waals surface area contributed by atoms with Crippen LogP contribution in [0.25, 0.3) is 0 Å². The van der Waals surface area contributed by atoms with Crippen molar-refractivity contribution in [1.29, 1.82) is 0 Å². The fraction of sp³-hybridized carbons (Fsp3) is 0.727. The number of nitrogens with two attached hydrogens (primary N) is 1. The largest absolute Gasteiger partial charge is 0.329 e. The second-order valence-electron chi connectivity index (χ2n) is 4.33. The third-order valence-electron chi connectivity index (χ3n) is 2.71. The van der Waals surface area contributed by atoms with Crippen LogP contribution in [0.5, 0.6) is 0 Å². The van der Waals surface area contributed by atoms with Crippen molar-refractivity contribution >= 4 is 0 Å². The summed E-state index contributed by atoms with van der Waals surface area (Å²) >= 11 is 0. The van der Waals surface area contributed by atoms with Gasteiger partial charge in [-0.25, -0.2) is 0 Å². The molecule has 1 heterocycles. The Bertz CT molecular complexity index is 256. The molecule has 0 aromatic carbocycles. The first-order chi connectivity index (χ1) is 7.15. The molecule has 2 atom stereocenters. The number of hydrogen-bond donors (Lipinski definition) is 2. The fourth-order valence-corrected chi connectivity index (χ4v) is 1.55. The van der Waals surface area contributed by atoms with Crippen molar-refractivity contribution in [1.82, 2.24) is 15.1 Å². The lowest BCUT2D eigenvalue weighted by atomic mass is 10.0. The van der Waals surface area contributed by atoms with Crippen LogP contribution in [0.1, 0.15) is 26.8 Å². The van der Waals surface area contributed by atoms with Crippen LogP contribution in [0.15, 0.2) is 18.5 Å². The summed E-state index contributed by atoms with van der Waals surface area (Å²) in [4.78, 5) is 0. The predicted octanol–water partition coefficient (Wildman–Crippen LogP) is 1.02. The van der Waals surface area contributed by atoms with Gasteiger partial charge >= 0.3 is 0 Å². The maximum Gasteiger partial charge on any atom is 0.0615 e. The Hall–Kier alpha value is -0.870. The molecule has 2 unspecified atom stereocenters. The Labute approximate surface area is 91.8 Å². The van der Waals surface area contributed by atoms with E-state index in [2.05, 4.69) is 31.2 Å². The summed E-state index contributed by atoms with van der Waals surface area (Å²) in [5.74, 6) is 0.569. The minimum absolute atomic E-state index is 0.368. The lowest BCUT2D eigenvalue weighted by molar-refractivity contribution is 0.362. The Morgan fingerprint density at radius 3 is 2.60 bits per heavy atom. The van der Waals surface area contributed by atoms with Gasteiger partial charge < -0.3 is 11.1 Å². The van der Waals surface area contributed by atoms with Crippen LogP contribution in [0, 0.1) is 5.92 Å². The standard InChI is InChI=1S/C11H22N4/c1-9(2)11(7-12)13-8-10(3)15-6-4-5-14-15/h4-6,9-11,13H,7-8,12H2,1-3H3. The van der Waals surface area contributed by atoms with Crippen LogP contribution in [0.2, 0.25) is 0 Å². The summed E-state index contributed by atoms with van der Waals surface area (Å²) in [6.45, 7) is 8.10. The normalized spacial score (nSPS) is 15.5. The van der Waals surface area contributed by atoms with E-state index in [4.69, 9.17) is 5.73 Å². The molecule has 0 radical (unpaired) electrons. The van der Waals surface area contributed by atoms with Gasteiger partial charge in [-0.3, -0.25) is 4.68 Å². The first-order valence-electron chi connectivity index (χ1n) is 5.57. The fourth-order valence-electron chi connectivity index (χ4n) is 1.55. The third-order valence-corrected chi connectivity index (χ3v) is 2.71. The number of rotatable bonds is 6. The molecule has 86 valence electrons. The van der Waals surface area contributed by atoms with Gasteiger partial charge in [-0.1, -0.05) is 13.8 Å². The summed E-state index contributed by atoms with van der Waals surface area (Å²) in [6, 6.07) is 2.70. The van der Waals surface area contributed by atoms with Crippen LogP contribution in [0.3, 0.4) is 0 Å². The summed E-state index contributed by atoms with van der Waals surface area (Å²) < 4.78 is 1.96. The van der Waals surface area contributed by atoms with Crippen molar-refractivity contribution < 1.29 is 0 Å². The van der Waals surface area contributed by atoms with Crippen molar-refractivity contribution in [3.8, 4) is 0 Å². The van der Waals surface area contributed by atoms with E-state index < -0.39 is 0 Å². The first-order valence-corrected chi connectivity index (χ1v) is 5.57. The average molecular weight is 210 g/mol. The van der Waals surface area contributed by atoms with Gasteiger partial charge in [0.2, 0.25) is 0 Å². The number of nitrogens with zero attached hydrogens (tertiary/aromatic N) is 2. The highest BCUT2D eigenvalue weighted by atomic mass is 15.3. The molecule has 0 saturated heterocycles. The number of aromatic nitrogens is 2. The highest BCUT2D eigenvalue weighted by Gasteiger charge is 2.12. The van der Waals surface area contributed by atoms with E-state index in [0.717, 1.165) is 6.54 Å². The molecule has 1 aromatic heterocycles. The van der Waals surface area contributed by atoms with Crippen molar-refractivity contribution in [3.63, 3.8) is 0 Å². The van der Waals surface area contributed by atoms with Gasteiger partial charge in [0, 0.05) is 31.5 Å². The van der Waals surface area contributed by atoms with Gasteiger partial charge in [0.15, 0.2) is 0 Å². The lowest BCUT2D eigenvalue weighted by Gasteiger charge is -2.23. The zero-order valence-electron chi connectivity index (χ0n) is 9.85. The molecule has 0 aliphatic rings. The van der Waals surface area contributed by atoms with Gasteiger partial charge in [0.1, 0.15) is 0 Å². The summed E-state index contributed by atoms with van der Waals surface area (Å²) in [5.41, 5.74) is 5.69. The van der Waals surface area contributed by atoms with Crippen LogP contribution >= 0.6 is 0 Å². The Balaban J connectivity index is 2.36. The Morgan fingerprint density at radius 2 is 2.13 bits per heavy atom. The topological polar surface area (TPSA) is 55.9 Å². The van der Waals surface area contributed by atoms with E-state index >= 15 is 0 Å². The quantitative estimate of drug-likeness (QED) is 0.737. The van der Waals surface area contributed by atoms with Crippen LogP contribution in [0.4, 0.5) is 0 Å². The molecule has 4 heteroatoms. The second-order valence-corrected chi connectivity index (χ2v) is 4.33. The maximum absolute atomic E-state index is 5.69. The Morgan fingerprint density at radius 1 is 1.40 bits per heavy atom. The van der Waals surface area contributed by atoms with Crippen molar-refractivity contribution in [2.45, 2.75) is 32.9 Å². The molecular weight excluding hydrogens is 188 g/mol. The zero-order valence-corrected chi connectivity index (χ0v) is 9.85.